The lowest BCUT2D eigenvalue weighted by atomic mass is 10.0. The summed E-state index contributed by atoms with van der Waals surface area (Å²) in [5.41, 5.74) is 0.899. The second-order valence-corrected chi connectivity index (χ2v) is 7.18. The third-order valence-electron chi connectivity index (χ3n) is 3.72. The first-order chi connectivity index (χ1) is 10.2. The number of rotatable bonds is 3. The number of nitrogens with one attached hydrogen (secondary N) is 1. The van der Waals surface area contributed by atoms with Crippen molar-refractivity contribution in [1.29, 1.82) is 0 Å². The van der Waals surface area contributed by atoms with Gasteiger partial charge >= 0.3 is 0 Å². The molecular weight excluding hydrogens is 372 g/mol. The average molecular weight is 388 g/mol. The molecule has 2 aromatic rings. The standard InChI is InChI=1S/C15H16BrClN2OS/c16-13-11(17)4-3-10(15(13)20)14(12-2-1-9-21-12)19-7-5-18-6-8-19/h1-4,9,14,18,20H,5-8H2/t14-/m0/s1. The van der Waals surface area contributed by atoms with Crippen LogP contribution in [-0.2, 0) is 0 Å². The molecule has 0 bridgehead atoms. The second-order valence-electron chi connectivity index (χ2n) is 5.00. The molecule has 1 saturated heterocycles. The van der Waals surface area contributed by atoms with Gasteiger partial charge in [-0.3, -0.25) is 4.90 Å². The van der Waals surface area contributed by atoms with Crippen LogP contribution in [0.3, 0.4) is 0 Å². The van der Waals surface area contributed by atoms with E-state index in [1.54, 1.807) is 11.3 Å². The highest BCUT2D eigenvalue weighted by molar-refractivity contribution is 9.10. The van der Waals surface area contributed by atoms with Crippen molar-refractivity contribution in [1.82, 2.24) is 10.2 Å². The molecule has 1 fully saturated rings. The summed E-state index contributed by atoms with van der Waals surface area (Å²) >= 11 is 11.2. The lowest BCUT2D eigenvalue weighted by Crippen LogP contribution is -2.45. The Bertz CT molecular complexity index is 614. The van der Waals surface area contributed by atoms with Gasteiger partial charge in [0.15, 0.2) is 0 Å². The summed E-state index contributed by atoms with van der Waals surface area (Å²) in [5, 5.41) is 16.5. The number of nitrogens with zero attached hydrogens (tertiary/aromatic N) is 1. The molecule has 0 spiro atoms. The summed E-state index contributed by atoms with van der Waals surface area (Å²) in [7, 11) is 0. The smallest absolute Gasteiger partial charge is 0.136 e. The van der Waals surface area contributed by atoms with Gasteiger partial charge in [0.1, 0.15) is 5.75 Å². The van der Waals surface area contributed by atoms with Gasteiger partial charge in [-0.15, -0.1) is 11.3 Å². The molecule has 21 heavy (non-hydrogen) atoms. The van der Waals surface area contributed by atoms with E-state index >= 15 is 0 Å². The summed E-state index contributed by atoms with van der Waals surface area (Å²) in [6.45, 7) is 3.86. The zero-order valence-electron chi connectivity index (χ0n) is 11.4. The molecule has 0 aliphatic carbocycles. The fourth-order valence-corrected chi connectivity index (χ4v) is 4.08. The third-order valence-corrected chi connectivity index (χ3v) is 5.99. The lowest BCUT2D eigenvalue weighted by Gasteiger charge is -2.35. The first kappa shape index (κ1) is 15.3. The predicted octanol–water partition coefficient (Wildman–Crippen LogP) is 3.86. The van der Waals surface area contributed by atoms with Crippen LogP contribution in [0.5, 0.6) is 5.75 Å². The Hall–Kier alpha value is -0.590. The van der Waals surface area contributed by atoms with Crippen LogP contribution in [0, 0.1) is 0 Å². The van der Waals surface area contributed by atoms with Crippen LogP contribution < -0.4 is 5.32 Å². The van der Waals surface area contributed by atoms with E-state index in [4.69, 9.17) is 11.6 Å². The van der Waals surface area contributed by atoms with E-state index < -0.39 is 0 Å². The zero-order valence-corrected chi connectivity index (χ0v) is 14.5. The van der Waals surface area contributed by atoms with E-state index in [9.17, 15) is 5.11 Å². The fraction of sp³-hybridized carbons (Fsp3) is 0.333. The molecule has 1 atom stereocenters. The molecule has 2 N–H and O–H groups in total. The Labute approximate surface area is 141 Å². The Morgan fingerprint density at radius 3 is 2.71 bits per heavy atom. The van der Waals surface area contributed by atoms with Crippen molar-refractivity contribution in [2.24, 2.45) is 0 Å². The number of aromatic hydroxyl groups is 1. The van der Waals surface area contributed by atoms with E-state index in [1.807, 2.05) is 12.1 Å². The Kier molecular flexibility index (Phi) is 4.86. The number of hydrogen-bond donors (Lipinski definition) is 2. The minimum absolute atomic E-state index is 0.0701. The van der Waals surface area contributed by atoms with Gasteiger partial charge in [0.05, 0.1) is 15.5 Å². The normalized spacial score (nSPS) is 17.8. The van der Waals surface area contributed by atoms with Crippen LogP contribution in [0.4, 0.5) is 0 Å². The molecule has 6 heteroatoms. The molecule has 1 aliphatic heterocycles. The van der Waals surface area contributed by atoms with Gasteiger partial charge in [0, 0.05) is 36.6 Å². The first-order valence-electron chi connectivity index (χ1n) is 6.83. The van der Waals surface area contributed by atoms with Gasteiger partial charge in [-0.2, -0.15) is 0 Å². The molecule has 1 aromatic heterocycles. The van der Waals surface area contributed by atoms with Crippen molar-refractivity contribution < 1.29 is 5.11 Å². The SMILES string of the molecule is Oc1c([C@@H](c2cccs2)N2CCNCC2)ccc(Cl)c1Br. The quantitative estimate of drug-likeness (QED) is 0.839. The van der Waals surface area contributed by atoms with E-state index in [0.717, 1.165) is 31.7 Å². The highest BCUT2D eigenvalue weighted by Crippen LogP contribution is 2.42. The number of piperazine rings is 1. The molecule has 1 aromatic carbocycles. The van der Waals surface area contributed by atoms with Gasteiger partial charge in [-0.1, -0.05) is 23.7 Å². The molecule has 3 nitrogen and oxygen atoms in total. The number of halogens is 2. The van der Waals surface area contributed by atoms with E-state index in [2.05, 4.69) is 43.7 Å². The summed E-state index contributed by atoms with van der Waals surface area (Å²) in [5.74, 6) is 0.236. The first-order valence-corrected chi connectivity index (χ1v) is 8.88. The maximum atomic E-state index is 10.5. The molecule has 0 unspecified atom stereocenters. The van der Waals surface area contributed by atoms with Crippen LogP contribution >= 0.6 is 38.9 Å². The average Bonchev–Trinajstić information content (AvgIpc) is 3.03. The van der Waals surface area contributed by atoms with Crippen LogP contribution in [0.1, 0.15) is 16.5 Å². The summed E-state index contributed by atoms with van der Waals surface area (Å²) in [6.07, 6.45) is 0. The van der Waals surface area contributed by atoms with Crippen LogP contribution in [-0.4, -0.2) is 36.2 Å². The lowest BCUT2D eigenvalue weighted by molar-refractivity contribution is 0.198. The van der Waals surface area contributed by atoms with Crippen LogP contribution in [0.2, 0.25) is 5.02 Å². The molecule has 0 saturated carbocycles. The van der Waals surface area contributed by atoms with Crippen molar-refractivity contribution in [2.45, 2.75) is 6.04 Å². The van der Waals surface area contributed by atoms with E-state index in [-0.39, 0.29) is 11.8 Å². The zero-order chi connectivity index (χ0) is 14.8. The minimum atomic E-state index is 0.0701. The fourth-order valence-electron chi connectivity index (χ4n) is 2.69. The molecule has 3 rings (SSSR count). The summed E-state index contributed by atoms with van der Waals surface area (Å²) in [6, 6.07) is 8.01. The van der Waals surface area contributed by atoms with Crippen molar-refractivity contribution >= 4 is 38.9 Å². The highest BCUT2D eigenvalue weighted by Gasteiger charge is 2.28. The van der Waals surface area contributed by atoms with Gasteiger partial charge in [-0.25, -0.2) is 0 Å². The maximum absolute atomic E-state index is 10.5. The molecule has 112 valence electrons. The van der Waals surface area contributed by atoms with Crippen LogP contribution in [0.15, 0.2) is 34.1 Å². The van der Waals surface area contributed by atoms with Gasteiger partial charge in [-0.05, 0) is 33.4 Å². The third kappa shape index (κ3) is 3.12. The van der Waals surface area contributed by atoms with Crippen molar-refractivity contribution in [3.05, 3.63) is 49.6 Å². The number of benzene rings is 1. The number of hydrogen-bond acceptors (Lipinski definition) is 4. The van der Waals surface area contributed by atoms with E-state index in [0.29, 0.717) is 9.50 Å². The topological polar surface area (TPSA) is 35.5 Å². The Morgan fingerprint density at radius 2 is 2.05 bits per heavy atom. The minimum Gasteiger partial charge on any atom is -0.506 e. The predicted molar refractivity (Wildman–Crippen MR) is 91.4 cm³/mol. The Morgan fingerprint density at radius 1 is 1.29 bits per heavy atom. The summed E-state index contributed by atoms with van der Waals surface area (Å²) < 4.78 is 0.568. The van der Waals surface area contributed by atoms with Gasteiger partial charge in [0.2, 0.25) is 0 Å². The number of thiophene rings is 1. The largest absolute Gasteiger partial charge is 0.506 e. The van der Waals surface area contributed by atoms with Crippen molar-refractivity contribution in [2.75, 3.05) is 26.2 Å². The van der Waals surface area contributed by atoms with Gasteiger partial charge in [0.25, 0.3) is 0 Å². The van der Waals surface area contributed by atoms with Gasteiger partial charge < -0.3 is 10.4 Å². The Balaban J connectivity index is 2.05. The molecule has 0 amide bonds. The molecular formula is C15H16BrClN2OS. The highest BCUT2D eigenvalue weighted by atomic mass is 79.9. The van der Waals surface area contributed by atoms with Crippen LogP contribution in [0.25, 0.3) is 0 Å². The maximum Gasteiger partial charge on any atom is 0.136 e. The van der Waals surface area contributed by atoms with E-state index in [1.165, 1.54) is 4.88 Å². The molecule has 2 heterocycles. The molecule has 0 radical (unpaired) electrons. The van der Waals surface area contributed by atoms with Crippen molar-refractivity contribution in [3.8, 4) is 5.75 Å². The number of phenols is 1. The molecule has 1 aliphatic rings. The monoisotopic (exact) mass is 386 g/mol. The van der Waals surface area contributed by atoms with Crippen molar-refractivity contribution in [3.63, 3.8) is 0 Å². The number of phenolic OH excluding ortho intramolecular Hbond substituents is 1. The second kappa shape index (κ2) is 6.67. The summed E-state index contributed by atoms with van der Waals surface area (Å²) in [4.78, 5) is 3.64.